The van der Waals surface area contributed by atoms with Gasteiger partial charge in [-0.3, -0.25) is 9.88 Å². The number of nitrogens with two attached hydrogens (primary N) is 1. The van der Waals surface area contributed by atoms with Gasteiger partial charge in [0.25, 0.3) is 0 Å². The van der Waals surface area contributed by atoms with Gasteiger partial charge in [-0.2, -0.15) is 0 Å². The van der Waals surface area contributed by atoms with Crippen LogP contribution in [0.1, 0.15) is 11.9 Å². The van der Waals surface area contributed by atoms with Gasteiger partial charge in [0.1, 0.15) is 6.17 Å². The van der Waals surface area contributed by atoms with Crippen LogP contribution in [0.4, 0.5) is 0 Å². The fourth-order valence-electron chi connectivity index (χ4n) is 0.815. The van der Waals surface area contributed by atoms with Gasteiger partial charge in [0.05, 0.1) is 5.69 Å². The van der Waals surface area contributed by atoms with Crippen LogP contribution in [-0.2, 0) is 0 Å². The van der Waals surface area contributed by atoms with E-state index in [9.17, 15) is 0 Å². The Morgan fingerprint density at radius 3 is 2.64 bits per heavy atom. The smallest absolute Gasteiger partial charge is 0.100 e. The van der Waals surface area contributed by atoms with E-state index in [0.29, 0.717) is 0 Å². The maximum Gasteiger partial charge on any atom is 0.100 e. The van der Waals surface area contributed by atoms with Crippen LogP contribution in [0.15, 0.2) is 24.4 Å². The quantitative estimate of drug-likeness (QED) is 0.629. The predicted octanol–water partition coefficient (Wildman–Crippen LogP) is 0.600. The van der Waals surface area contributed by atoms with Crippen molar-refractivity contribution in [2.75, 3.05) is 14.1 Å². The van der Waals surface area contributed by atoms with Crippen LogP contribution < -0.4 is 5.73 Å². The second-order valence-corrected chi connectivity index (χ2v) is 2.66. The first-order valence-corrected chi connectivity index (χ1v) is 3.55. The number of hydrogen-bond acceptors (Lipinski definition) is 3. The minimum Gasteiger partial charge on any atom is -0.311 e. The van der Waals surface area contributed by atoms with Crippen molar-refractivity contribution in [3.63, 3.8) is 0 Å². The summed E-state index contributed by atoms with van der Waals surface area (Å²) in [5, 5.41) is 0. The van der Waals surface area contributed by atoms with Crippen LogP contribution in [0.5, 0.6) is 0 Å². The van der Waals surface area contributed by atoms with E-state index in [2.05, 4.69) is 4.98 Å². The van der Waals surface area contributed by atoms with Gasteiger partial charge in [-0.15, -0.1) is 0 Å². The third kappa shape index (κ3) is 2.00. The van der Waals surface area contributed by atoms with E-state index in [-0.39, 0.29) is 6.17 Å². The molecule has 1 aromatic rings. The molecule has 1 aromatic heterocycles. The number of pyridine rings is 1. The average molecular weight is 151 g/mol. The van der Waals surface area contributed by atoms with E-state index in [0.717, 1.165) is 5.69 Å². The molecular formula is C8H13N3. The van der Waals surface area contributed by atoms with Crippen LogP contribution in [0.25, 0.3) is 0 Å². The van der Waals surface area contributed by atoms with Crippen molar-refractivity contribution in [2.24, 2.45) is 5.73 Å². The monoisotopic (exact) mass is 151 g/mol. The SMILES string of the molecule is CN(C)C(N)c1ccccn1. The highest BCUT2D eigenvalue weighted by Gasteiger charge is 2.07. The summed E-state index contributed by atoms with van der Waals surface area (Å²) < 4.78 is 0. The maximum atomic E-state index is 5.80. The Labute approximate surface area is 66.8 Å². The first-order valence-electron chi connectivity index (χ1n) is 3.55. The summed E-state index contributed by atoms with van der Waals surface area (Å²) in [6.45, 7) is 0. The molecule has 0 aliphatic rings. The van der Waals surface area contributed by atoms with Gasteiger partial charge < -0.3 is 5.73 Å². The number of aromatic nitrogens is 1. The molecule has 0 fully saturated rings. The predicted molar refractivity (Wildman–Crippen MR) is 44.9 cm³/mol. The van der Waals surface area contributed by atoms with Crippen LogP contribution in [0.2, 0.25) is 0 Å². The molecule has 3 nitrogen and oxygen atoms in total. The topological polar surface area (TPSA) is 42.1 Å². The van der Waals surface area contributed by atoms with Crippen molar-refractivity contribution in [3.8, 4) is 0 Å². The Morgan fingerprint density at radius 1 is 1.45 bits per heavy atom. The zero-order chi connectivity index (χ0) is 8.27. The van der Waals surface area contributed by atoms with Gasteiger partial charge >= 0.3 is 0 Å². The lowest BCUT2D eigenvalue weighted by Crippen LogP contribution is -2.28. The average Bonchev–Trinajstić information content (AvgIpc) is 2.05. The van der Waals surface area contributed by atoms with E-state index in [1.165, 1.54) is 0 Å². The Bertz CT molecular complexity index is 208. The first-order chi connectivity index (χ1) is 5.22. The molecule has 60 valence electrons. The second kappa shape index (κ2) is 3.46. The third-order valence-corrected chi connectivity index (χ3v) is 1.55. The number of hydrogen-bond donors (Lipinski definition) is 1. The van der Waals surface area contributed by atoms with Crippen LogP contribution in [-0.4, -0.2) is 24.0 Å². The first kappa shape index (κ1) is 8.17. The zero-order valence-corrected chi connectivity index (χ0v) is 6.86. The van der Waals surface area contributed by atoms with Crippen LogP contribution in [0.3, 0.4) is 0 Å². The molecule has 0 amide bonds. The van der Waals surface area contributed by atoms with Gasteiger partial charge in [-0.1, -0.05) is 6.07 Å². The fraction of sp³-hybridized carbons (Fsp3) is 0.375. The van der Waals surface area contributed by atoms with Gasteiger partial charge in [0, 0.05) is 6.20 Å². The second-order valence-electron chi connectivity index (χ2n) is 2.66. The molecule has 0 aromatic carbocycles. The lowest BCUT2D eigenvalue weighted by molar-refractivity contribution is 0.301. The Hall–Kier alpha value is -0.930. The zero-order valence-electron chi connectivity index (χ0n) is 6.86. The fourth-order valence-corrected chi connectivity index (χ4v) is 0.815. The van der Waals surface area contributed by atoms with Gasteiger partial charge in [0.2, 0.25) is 0 Å². The third-order valence-electron chi connectivity index (χ3n) is 1.55. The standard InChI is InChI=1S/C8H13N3/c1-11(2)8(9)7-5-3-4-6-10-7/h3-6,8H,9H2,1-2H3. The Balaban J connectivity index is 2.77. The molecule has 11 heavy (non-hydrogen) atoms. The van der Waals surface area contributed by atoms with Gasteiger partial charge in [-0.05, 0) is 26.2 Å². The van der Waals surface area contributed by atoms with E-state index in [1.807, 2.05) is 37.2 Å². The molecule has 1 heterocycles. The van der Waals surface area contributed by atoms with Crippen molar-refractivity contribution in [1.82, 2.24) is 9.88 Å². The highest BCUT2D eigenvalue weighted by atomic mass is 15.2. The highest BCUT2D eigenvalue weighted by molar-refractivity contribution is 5.06. The molecule has 0 spiro atoms. The van der Waals surface area contributed by atoms with Crippen LogP contribution in [0, 0.1) is 0 Å². The van der Waals surface area contributed by atoms with E-state index in [4.69, 9.17) is 5.73 Å². The lowest BCUT2D eigenvalue weighted by Gasteiger charge is -2.18. The maximum absolute atomic E-state index is 5.80. The van der Waals surface area contributed by atoms with Crippen molar-refractivity contribution in [2.45, 2.75) is 6.17 Å². The molecule has 2 N–H and O–H groups in total. The highest BCUT2D eigenvalue weighted by Crippen LogP contribution is 2.06. The minimum atomic E-state index is -0.101. The summed E-state index contributed by atoms with van der Waals surface area (Å²) in [7, 11) is 3.86. The molecule has 3 heteroatoms. The number of nitrogens with zero attached hydrogens (tertiary/aromatic N) is 2. The summed E-state index contributed by atoms with van der Waals surface area (Å²) in [4.78, 5) is 6.05. The Morgan fingerprint density at radius 2 is 2.18 bits per heavy atom. The van der Waals surface area contributed by atoms with Crippen molar-refractivity contribution >= 4 is 0 Å². The van der Waals surface area contributed by atoms with E-state index < -0.39 is 0 Å². The van der Waals surface area contributed by atoms with Crippen molar-refractivity contribution < 1.29 is 0 Å². The molecule has 1 atom stereocenters. The molecule has 1 rings (SSSR count). The summed E-state index contributed by atoms with van der Waals surface area (Å²) >= 11 is 0. The largest absolute Gasteiger partial charge is 0.311 e. The van der Waals surface area contributed by atoms with Crippen LogP contribution >= 0.6 is 0 Å². The summed E-state index contributed by atoms with van der Waals surface area (Å²) in [6, 6.07) is 5.74. The summed E-state index contributed by atoms with van der Waals surface area (Å²) in [5.74, 6) is 0. The molecule has 0 saturated carbocycles. The van der Waals surface area contributed by atoms with Gasteiger partial charge in [-0.25, -0.2) is 0 Å². The van der Waals surface area contributed by atoms with E-state index >= 15 is 0 Å². The number of rotatable bonds is 2. The van der Waals surface area contributed by atoms with Crippen molar-refractivity contribution in [1.29, 1.82) is 0 Å². The minimum absolute atomic E-state index is 0.101. The van der Waals surface area contributed by atoms with Crippen molar-refractivity contribution in [3.05, 3.63) is 30.1 Å². The lowest BCUT2D eigenvalue weighted by atomic mass is 10.3. The Kier molecular flexibility index (Phi) is 2.57. The summed E-state index contributed by atoms with van der Waals surface area (Å²) in [6.07, 6.45) is 1.65. The summed E-state index contributed by atoms with van der Waals surface area (Å²) in [5.41, 5.74) is 6.70. The molecular weight excluding hydrogens is 138 g/mol. The molecule has 1 unspecified atom stereocenters. The molecule has 0 saturated heterocycles. The molecule has 0 radical (unpaired) electrons. The molecule has 0 aliphatic heterocycles. The molecule has 0 aliphatic carbocycles. The molecule has 0 bridgehead atoms. The van der Waals surface area contributed by atoms with E-state index in [1.54, 1.807) is 6.20 Å². The normalized spacial score (nSPS) is 13.5. The van der Waals surface area contributed by atoms with Gasteiger partial charge in [0.15, 0.2) is 0 Å².